The molecular weight excluding hydrogens is 456 g/mol. The highest BCUT2D eigenvalue weighted by Gasteiger charge is 2.31. The minimum absolute atomic E-state index is 0.123. The Kier molecular flexibility index (Phi) is 8.31. The van der Waals surface area contributed by atoms with Crippen molar-refractivity contribution in [2.45, 2.75) is 25.6 Å². The zero-order chi connectivity index (χ0) is 24.5. The average molecular weight is 483 g/mol. The van der Waals surface area contributed by atoms with Crippen molar-refractivity contribution in [3.8, 4) is 0 Å². The Balaban J connectivity index is 1.66. The molecule has 0 aliphatic heterocycles. The second kappa shape index (κ2) is 12.0. The van der Waals surface area contributed by atoms with Crippen LogP contribution >= 0.6 is 11.6 Å². The lowest BCUT2D eigenvalue weighted by Gasteiger charge is -2.32. The van der Waals surface area contributed by atoms with Gasteiger partial charge in [0.05, 0.1) is 6.42 Å². The standard InChI is InChI=1S/C30H27ClN2O2/c31-27-19-11-10-18-26(27)21-32-30(35)29(25-16-8-3-9-17-25)33(22-24-14-6-2-7-15-24)28(34)20-23-12-4-1-5-13-23/h1-19,29H,20-22H2,(H,32,35). The second-order valence-electron chi connectivity index (χ2n) is 8.29. The number of hydrogen-bond acceptors (Lipinski definition) is 2. The van der Waals surface area contributed by atoms with E-state index < -0.39 is 6.04 Å². The lowest BCUT2D eigenvalue weighted by Crippen LogP contribution is -2.43. The van der Waals surface area contributed by atoms with Gasteiger partial charge >= 0.3 is 0 Å². The summed E-state index contributed by atoms with van der Waals surface area (Å²) in [6.45, 7) is 0.583. The molecule has 35 heavy (non-hydrogen) atoms. The van der Waals surface area contributed by atoms with Crippen LogP contribution in [0.1, 0.15) is 28.3 Å². The normalized spacial score (nSPS) is 11.5. The second-order valence-corrected chi connectivity index (χ2v) is 8.70. The Bertz CT molecular complexity index is 1250. The van der Waals surface area contributed by atoms with Gasteiger partial charge in [0.1, 0.15) is 6.04 Å². The third-order valence-corrected chi connectivity index (χ3v) is 6.17. The average Bonchev–Trinajstić information content (AvgIpc) is 2.89. The van der Waals surface area contributed by atoms with E-state index in [1.165, 1.54) is 0 Å². The number of carbonyl (C=O) groups excluding carboxylic acids is 2. The van der Waals surface area contributed by atoms with Gasteiger partial charge in [0.15, 0.2) is 0 Å². The van der Waals surface area contributed by atoms with Gasteiger partial charge in [-0.1, -0.05) is 121 Å². The Labute approximate surface area is 211 Å². The highest BCUT2D eigenvalue weighted by atomic mass is 35.5. The fraction of sp³-hybridized carbons (Fsp3) is 0.133. The number of nitrogens with zero attached hydrogens (tertiary/aromatic N) is 1. The van der Waals surface area contributed by atoms with Crippen LogP contribution in [0.5, 0.6) is 0 Å². The summed E-state index contributed by atoms with van der Waals surface area (Å²) in [6, 6.07) is 35.4. The number of carbonyl (C=O) groups is 2. The van der Waals surface area contributed by atoms with Crippen LogP contribution in [-0.4, -0.2) is 16.7 Å². The molecule has 0 radical (unpaired) electrons. The predicted octanol–water partition coefficient (Wildman–Crippen LogP) is 5.97. The highest BCUT2D eigenvalue weighted by Crippen LogP contribution is 2.25. The van der Waals surface area contributed by atoms with Gasteiger partial charge in [0, 0.05) is 18.1 Å². The molecule has 0 heterocycles. The summed E-state index contributed by atoms with van der Waals surface area (Å²) in [7, 11) is 0. The van der Waals surface area contributed by atoms with Gasteiger partial charge in [0.2, 0.25) is 11.8 Å². The van der Waals surface area contributed by atoms with Crippen LogP contribution in [0.15, 0.2) is 115 Å². The van der Waals surface area contributed by atoms with Crippen LogP contribution in [-0.2, 0) is 29.1 Å². The Morgan fingerprint density at radius 2 is 1.26 bits per heavy atom. The van der Waals surface area contributed by atoms with Crippen molar-refractivity contribution in [2.24, 2.45) is 0 Å². The summed E-state index contributed by atoms with van der Waals surface area (Å²) >= 11 is 6.30. The summed E-state index contributed by atoms with van der Waals surface area (Å²) in [6.07, 6.45) is 0.203. The van der Waals surface area contributed by atoms with Crippen molar-refractivity contribution in [3.05, 3.63) is 143 Å². The zero-order valence-corrected chi connectivity index (χ0v) is 20.1. The molecule has 4 nitrogen and oxygen atoms in total. The Hall–Kier alpha value is -3.89. The molecule has 0 bridgehead atoms. The van der Waals surface area contributed by atoms with Crippen LogP contribution in [0.2, 0.25) is 5.02 Å². The fourth-order valence-corrected chi connectivity index (χ4v) is 4.21. The van der Waals surface area contributed by atoms with Gasteiger partial charge in [-0.25, -0.2) is 0 Å². The van der Waals surface area contributed by atoms with Crippen LogP contribution in [0.3, 0.4) is 0 Å². The minimum atomic E-state index is -0.796. The van der Waals surface area contributed by atoms with Gasteiger partial charge in [0.25, 0.3) is 0 Å². The molecule has 4 aromatic rings. The minimum Gasteiger partial charge on any atom is -0.350 e. The molecule has 0 aliphatic carbocycles. The van der Waals surface area contributed by atoms with Gasteiger partial charge < -0.3 is 10.2 Å². The molecule has 5 heteroatoms. The first-order valence-electron chi connectivity index (χ1n) is 11.5. The van der Waals surface area contributed by atoms with Gasteiger partial charge in [-0.15, -0.1) is 0 Å². The molecule has 0 spiro atoms. The van der Waals surface area contributed by atoms with Crippen molar-refractivity contribution < 1.29 is 9.59 Å². The first kappa shape index (κ1) is 24.2. The molecule has 1 N–H and O–H groups in total. The van der Waals surface area contributed by atoms with E-state index >= 15 is 0 Å². The molecule has 176 valence electrons. The molecule has 1 atom stereocenters. The number of benzene rings is 4. The quantitative estimate of drug-likeness (QED) is 0.319. The lowest BCUT2D eigenvalue weighted by atomic mass is 10.0. The molecule has 0 fully saturated rings. The first-order valence-corrected chi connectivity index (χ1v) is 11.9. The van der Waals surface area contributed by atoms with Crippen molar-refractivity contribution in [1.29, 1.82) is 0 Å². The molecule has 2 amide bonds. The molecule has 1 unspecified atom stereocenters. The summed E-state index contributed by atoms with van der Waals surface area (Å²) in [5, 5.41) is 3.59. The van der Waals surface area contributed by atoms with E-state index in [4.69, 9.17) is 11.6 Å². The van der Waals surface area contributed by atoms with E-state index in [0.29, 0.717) is 11.6 Å². The van der Waals surface area contributed by atoms with E-state index in [-0.39, 0.29) is 24.8 Å². The monoisotopic (exact) mass is 482 g/mol. The first-order chi connectivity index (χ1) is 17.1. The number of halogens is 1. The molecule has 0 aromatic heterocycles. The molecular formula is C30H27ClN2O2. The smallest absolute Gasteiger partial charge is 0.247 e. The summed E-state index contributed by atoms with van der Waals surface area (Å²) in [4.78, 5) is 29.0. The Morgan fingerprint density at radius 1 is 0.714 bits per heavy atom. The largest absolute Gasteiger partial charge is 0.350 e. The number of rotatable bonds is 9. The van der Waals surface area contributed by atoms with Crippen molar-refractivity contribution in [3.63, 3.8) is 0 Å². The third kappa shape index (κ3) is 6.58. The molecule has 0 saturated heterocycles. The SMILES string of the molecule is O=C(NCc1ccccc1Cl)C(c1ccccc1)N(Cc1ccccc1)C(=O)Cc1ccccc1. The zero-order valence-electron chi connectivity index (χ0n) is 19.3. The molecule has 4 rings (SSSR count). The topological polar surface area (TPSA) is 49.4 Å². The maximum atomic E-state index is 13.7. The Morgan fingerprint density at radius 3 is 1.89 bits per heavy atom. The summed E-state index contributed by atoms with van der Waals surface area (Å²) < 4.78 is 0. The summed E-state index contributed by atoms with van der Waals surface area (Å²) in [5.41, 5.74) is 3.42. The lowest BCUT2D eigenvalue weighted by molar-refractivity contribution is -0.141. The molecule has 0 aliphatic rings. The van der Waals surface area contributed by atoms with E-state index in [0.717, 1.165) is 22.3 Å². The summed E-state index contributed by atoms with van der Waals surface area (Å²) in [5.74, 6) is -0.379. The van der Waals surface area contributed by atoms with E-state index in [9.17, 15) is 9.59 Å². The highest BCUT2D eigenvalue weighted by molar-refractivity contribution is 6.31. The molecule has 0 saturated carbocycles. The fourth-order valence-electron chi connectivity index (χ4n) is 4.00. The van der Waals surface area contributed by atoms with Gasteiger partial charge in [-0.3, -0.25) is 9.59 Å². The predicted molar refractivity (Wildman–Crippen MR) is 140 cm³/mol. The van der Waals surface area contributed by atoms with Crippen molar-refractivity contribution in [2.75, 3.05) is 0 Å². The van der Waals surface area contributed by atoms with Crippen LogP contribution < -0.4 is 5.32 Å². The van der Waals surface area contributed by atoms with Crippen molar-refractivity contribution >= 4 is 23.4 Å². The van der Waals surface area contributed by atoms with Crippen LogP contribution in [0, 0.1) is 0 Å². The molecule has 4 aromatic carbocycles. The number of nitrogens with one attached hydrogen (secondary N) is 1. The maximum Gasteiger partial charge on any atom is 0.247 e. The third-order valence-electron chi connectivity index (χ3n) is 5.80. The van der Waals surface area contributed by atoms with Gasteiger partial charge in [-0.2, -0.15) is 0 Å². The number of amides is 2. The van der Waals surface area contributed by atoms with Crippen LogP contribution in [0.25, 0.3) is 0 Å². The number of hydrogen-bond donors (Lipinski definition) is 1. The van der Waals surface area contributed by atoms with Crippen molar-refractivity contribution in [1.82, 2.24) is 10.2 Å². The van der Waals surface area contributed by atoms with E-state index in [1.807, 2.05) is 109 Å². The van der Waals surface area contributed by atoms with Crippen LogP contribution in [0.4, 0.5) is 0 Å². The maximum absolute atomic E-state index is 13.7. The van der Waals surface area contributed by atoms with E-state index in [1.54, 1.807) is 11.0 Å². The van der Waals surface area contributed by atoms with E-state index in [2.05, 4.69) is 5.32 Å². The van der Waals surface area contributed by atoms with Gasteiger partial charge in [-0.05, 0) is 28.3 Å².